The second-order valence-electron chi connectivity index (χ2n) is 13.5. The molecule has 5 aromatic carbocycles. The monoisotopic (exact) mass is 740 g/mol. The maximum absolute atomic E-state index is 14.2. The van der Waals surface area contributed by atoms with Crippen LogP contribution in [-0.4, -0.2) is 61.4 Å². The second kappa shape index (κ2) is 17.5. The Hall–Kier alpha value is -5.64. The fourth-order valence-electron chi connectivity index (χ4n) is 7.04. The highest BCUT2D eigenvalue weighted by Gasteiger charge is 2.33. The number of carbonyl (C=O) groups is 3. The molecule has 1 fully saturated rings. The fourth-order valence-corrected chi connectivity index (χ4v) is 7.17. The highest BCUT2D eigenvalue weighted by molar-refractivity contribution is 6.30. The van der Waals surface area contributed by atoms with Gasteiger partial charge in [0.25, 0.3) is 5.91 Å². The minimum absolute atomic E-state index is 0.143. The van der Waals surface area contributed by atoms with E-state index < -0.39 is 12.1 Å². The first-order valence-corrected chi connectivity index (χ1v) is 18.7. The summed E-state index contributed by atoms with van der Waals surface area (Å²) in [4.78, 5) is 45.4. The molecule has 0 aliphatic carbocycles. The summed E-state index contributed by atoms with van der Waals surface area (Å²) >= 11 is 6.15. The molecule has 0 spiro atoms. The van der Waals surface area contributed by atoms with Crippen LogP contribution >= 0.6 is 11.6 Å². The van der Waals surface area contributed by atoms with Crippen LogP contribution in [0.15, 0.2) is 127 Å². The van der Waals surface area contributed by atoms with Crippen molar-refractivity contribution in [3.63, 3.8) is 0 Å². The summed E-state index contributed by atoms with van der Waals surface area (Å²) < 4.78 is 5.97. The third kappa shape index (κ3) is 9.10. The van der Waals surface area contributed by atoms with Gasteiger partial charge < -0.3 is 25.2 Å². The van der Waals surface area contributed by atoms with E-state index in [2.05, 4.69) is 20.9 Å². The Morgan fingerprint density at radius 3 is 2.31 bits per heavy atom. The zero-order valence-corrected chi connectivity index (χ0v) is 30.7. The van der Waals surface area contributed by atoms with Crippen molar-refractivity contribution in [1.29, 1.82) is 0 Å². The number of piperazine rings is 1. The topological polar surface area (TPSA) is 103 Å². The van der Waals surface area contributed by atoms with E-state index in [4.69, 9.17) is 16.3 Å². The number of hydrogen-bond donors (Lipinski definition) is 3. The molecule has 5 aromatic rings. The Kier molecular flexibility index (Phi) is 11.9. The van der Waals surface area contributed by atoms with Gasteiger partial charge in [-0.15, -0.1) is 0 Å². The van der Waals surface area contributed by atoms with E-state index in [1.54, 1.807) is 12.1 Å². The van der Waals surface area contributed by atoms with Crippen LogP contribution in [0.4, 0.5) is 5.69 Å². The van der Waals surface area contributed by atoms with E-state index in [1.165, 1.54) is 0 Å². The largest absolute Gasteiger partial charge is 0.457 e. The van der Waals surface area contributed by atoms with Crippen LogP contribution in [0.5, 0.6) is 11.5 Å². The van der Waals surface area contributed by atoms with Gasteiger partial charge >= 0.3 is 0 Å². The molecule has 10 heteroatoms. The lowest BCUT2D eigenvalue weighted by Gasteiger charge is -2.38. The third-order valence-corrected chi connectivity index (χ3v) is 10.1. The Morgan fingerprint density at radius 1 is 0.778 bits per heavy atom. The van der Waals surface area contributed by atoms with Crippen LogP contribution in [0.2, 0.25) is 5.02 Å². The molecule has 1 radical (unpaired) electrons. The van der Waals surface area contributed by atoms with Crippen LogP contribution in [0.1, 0.15) is 38.7 Å². The number of amides is 3. The summed E-state index contributed by atoms with van der Waals surface area (Å²) in [5.41, 5.74) is 5.36. The van der Waals surface area contributed by atoms with Gasteiger partial charge in [0.1, 0.15) is 23.6 Å². The van der Waals surface area contributed by atoms with Gasteiger partial charge in [0.15, 0.2) is 0 Å². The van der Waals surface area contributed by atoms with Crippen molar-refractivity contribution in [2.45, 2.75) is 31.3 Å². The van der Waals surface area contributed by atoms with Gasteiger partial charge in [-0.25, -0.2) is 0 Å². The number of benzene rings is 5. The maximum atomic E-state index is 14.2. The fraction of sp³-hybridized carbons (Fsp3) is 0.227. The molecular formula is C44H43ClN5O4. The number of fused-ring (bicyclic) bond motifs is 1. The molecule has 2 aliphatic heterocycles. The van der Waals surface area contributed by atoms with E-state index in [0.29, 0.717) is 56.2 Å². The summed E-state index contributed by atoms with van der Waals surface area (Å²) in [6, 6.07) is 39.0. The molecule has 2 aliphatic rings. The predicted octanol–water partition coefficient (Wildman–Crippen LogP) is 6.53. The van der Waals surface area contributed by atoms with E-state index >= 15 is 0 Å². The van der Waals surface area contributed by atoms with Crippen molar-refractivity contribution in [2.24, 2.45) is 0 Å². The van der Waals surface area contributed by atoms with Crippen molar-refractivity contribution in [1.82, 2.24) is 20.9 Å². The van der Waals surface area contributed by atoms with Gasteiger partial charge in [-0.3, -0.25) is 19.7 Å². The predicted molar refractivity (Wildman–Crippen MR) is 212 cm³/mol. The number of para-hydroxylation sites is 2. The van der Waals surface area contributed by atoms with Gasteiger partial charge in [-0.1, -0.05) is 90.5 Å². The van der Waals surface area contributed by atoms with E-state index in [1.807, 2.05) is 127 Å². The summed E-state index contributed by atoms with van der Waals surface area (Å²) in [6.45, 7) is 4.33. The molecule has 54 heavy (non-hydrogen) atoms. The molecule has 1 unspecified atom stereocenters. The van der Waals surface area contributed by atoms with Crippen molar-refractivity contribution in [3.05, 3.63) is 167 Å². The number of hydrogen-bond acceptors (Lipinski definition) is 6. The van der Waals surface area contributed by atoms with Crippen molar-refractivity contribution in [3.8, 4) is 11.5 Å². The van der Waals surface area contributed by atoms with E-state index in [9.17, 15) is 14.4 Å². The number of anilines is 1. The van der Waals surface area contributed by atoms with E-state index in [-0.39, 0.29) is 17.7 Å². The highest BCUT2D eigenvalue weighted by Crippen LogP contribution is 2.26. The lowest BCUT2D eigenvalue weighted by Crippen LogP contribution is -2.57. The minimum Gasteiger partial charge on any atom is -0.457 e. The molecular weight excluding hydrogens is 698 g/mol. The Bertz CT molecular complexity index is 2070. The number of nitrogens with one attached hydrogen (secondary N) is 3. The number of rotatable bonds is 12. The average molecular weight is 741 g/mol. The van der Waals surface area contributed by atoms with Gasteiger partial charge in [-0.2, -0.15) is 0 Å². The average Bonchev–Trinajstić information content (AvgIpc) is 3.21. The summed E-state index contributed by atoms with van der Waals surface area (Å²) in [7, 11) is 0. The minimum atomic E-state index is -0.773. The molecule has 0 bridgehead atoms. The molecule has 2 atom stereocenters. The Morgan fingerprint density at radius 2 is 1.50 bits per heavy atom. The summed E-state index contributed by atoms with van der Waals surface area (Å²) in [5, 5.41) is 9.99. The molecule has 2 heterocycles. The first kappa shape index (κ1) is 36.7. The molecule has 0 aromatic heterocycles. The van der Waals surface area contributed by atoms with Crippen molar-refractivity contribution in [2.75, 3.05) is 37.6 Å². The third-order valence-electron chi connectivity index (χ3n) is 9.86. The van der Waals surface area contributed by atoms with Gasteiger partial charge in [0.2, 0.25) is 11.8 Å². The molecule has 3 N–H and O–H groups in total. The highest BCUT2D eigenvalue weighted by atomic mass is 35.5. The molecule has 7 rings (SSSR count). The smallest absolute Gasteiger partial charge is 0.253 e. The SMILES string of the molecule is O=C(NCCc1cccc(Oc2ccccc2)c1)c1ccccc1N1CCN(C(=O)[C@@H](Cc2ccc(Cl)cc2)NC(=O)C2N[CH]Cc3ccccc32)CC1. The molecule has 3 amide bonds. The zero-order chi connectivity index (χ0) is 37.3. The lowest BCUT2D eigenvalue weighted by molar-refractivity contribution is -0.137. The summed E-state index contributed by atoms with van der Waals surface area (Å²) in [5.74, 6) is 0.971. The standard InChI is InChI=1S/C44H43ClN5O4/c45-34-19-17-32(18-20-34)30-39(48-43(52)41-37-14-5-4-10-33(37)22-24-46-41)44(53)50-27-25-49(26-28-50)40-16-7-6-15-38(40)42(51)47-23-21-31-9-8-13-36(29-31)54-35-11-2-1-3-12-35/h1-20,24,29,39,41,46H,21-23,25-28,30H2,(H,47,51)(H,48,52)/t39-,41?/m1/s1. The van der Waals surface area contributed by atoms with Crippen molar-refractivity contribution >= 4 is 35.0 Å². The molecule has 275 valence electrons. The Labute approximate surface area is 321 Å². The molecule has 0 saturated carbocycles. The van der Waals surface area contributed by atoms with Crippen LogP contribution < -0.4 is 25.6 Å². The van der Waals surface area contributed by atoms with Gasteiger partial charge in [0, 0.05) is 56.4 Å². The maximum Gasteiger partial charge on any atom is 0.253 e. The Balaban J connectivity index is 0.972. The van der Waals surface area contributed by atoms with Crippen LogP contribution in [-0.2, 0) is 28.9 Å². The van der Waals surface area contributed by atoms with Crippen LogP contribution in [0, 0.1) is 6.54 Å². The number of halogens is 1. The molecule has 9 nitrogen and oxygen atoms in total. The van der Waals surface area contributed by atoms with Gasteiger partial charge in [0.05, 0.1) is 5.56 Å². The number of ether oxygens (including phenoxy) is 1. The van der Waals surface area contributed by atoms with Crippen LogP contribution in [0.3, 0.4) is 0 Å². The lowest BCUT2D eigenvalue weighted by atomic mass is 9.93. The first-order chi connectivity index (χ1) is 26.4. The summed E-state index contributed by atoms with van der Waals surface area (Å²) in [6.07, 6.45) is 1.70. The first-order valence-electron chi connectivity index (χ1n) is 18.3. The number of nitrogens with zero attached hydrogens (tertiary/aromatic N) is 2. The van der Waals surface area contributed by atoms with E-state index in [0.717, 1.165) is 45.9 Å². The normalized spacial score (nSPS) is 15.8. The van der Waals surface area contributed by atoms with Crippen molar-refractivity contribution < 1.29 is 19.1 Å². The van der Waals surface area contributed by atoms with Crippen LogP contribution in [0.25, 0.3) is 0 Å². The quantitative estimate of drug-likeness (QED) is 0.135. The molecule has 1 saturated heterocycles. The number of carbonyl (C=O) groups excluding carboxylic acids is 3. The second-order valence-corrected chi connectivity index (χ2v) is 13.9. The van der Waals surface area contributed by atoms with Gasteiger partial charge in [-0.05, 0) is 83.6 Å². The zero-order valence-electron chi connectivity index (χ0n) is 29.9.